The molecule has 0 N–H and O–H groups in total. The minimum Gasteiger partial charge on any atom is -0.344 e. The maximum absolute atomic E-state index is 3.64. The smallest absolute Gasteiger partial charge is 0.0390 e. The van der Waals surface area contributed by atoms with E-state index in [4.69, 9.17) is 0 Å². The Kier molecular flexibility index (Phi) is 2.26. The number of aromatic nitrogens is 1. The van der Waals surface area contributed by atoms with Crippen LogP contribution in [-0.4, -0.2) is 4.57 Å². The summed E-state index contributed by atoms with van der Waals surface area (Å²) in [4.78, 5) is 0. The molecular formula is C11H16BrN. The van der Waals surface area contributed by atoms with Crippen molar-refractivity contribution in [1.29, 1.82) is 0 Å². The van der Waals surface area contributed by atoms with Crippen molar-refractivity contribution in [2.24, 2.45) is 0 Å². The Bertz CT molecular complexity index is 299. The van der Waals surface area contributed by atoms with Gasteiger partial charge in [0.1, 0.15) is 0 Å². The van der Waals surface area contributed by atoms with E-state index in [1.807, 2.05) is 0 Å². The molecule has 1 aliphatic carbocycles. The van der Waals surface area contributed by atoms with Crippen LogP contribution < -0.4 is 0 Å². The molecule has 1 saturated carbocycles. The summed E-state index contributed by atoms with van der Waals surface area (Å²) in [6.45, 7) is 6.73. The van der Waals surface area contributed by atoms with Gasteiger partial charge < -0.3 is 4.57 Å². The lowest BCUT2D eigenvalue weighted by Crippen LogP contribution is -2.04. The highest BCUT2D eigenvalue weighted by atomic mass is 79.9. The molecule has 0 spiro atoms. The lowest BCUT2D eigenvalue weighted by molar-refractivity contribution is 0.641. The number of hydrogen-bond donors (Lipinski definition) is 0. The highest BCUT2D eigenvalue weighted by Gasteiger charge is 2.28. The van der Waals surface area contributed by atoms with Gasteiger partial charge >= 0.3 is 0 Å². The van der Waals surface area contributed by atoms with Gasteiger partial charge in [-0.1, -0.05) is 13.8 Å². The van der Waals surface area contributed by atoms with Crippen LogP contribution in [0.4, 0.5) is 0 Å². The quantitative estimate of drug-likeness (QED) is 0.738. The SMILES string of the molecule is Cc1cc(Br)c(C(C)C)n1C1CC1. The highest BCUT2D eigenvalue weighted by Crippen LogP contribution is 2.41. The minimum atomic E-state index is 0.615. The number of aryl methyl sites for hydroxylation is 1. The molecule has 2 rings (SSSR count). The molecule has 0 aromatic carbocycles. The Labute approximate surface area is 88.3 Å². The van der Waals surface area contributed by atoms with Gasteiger partial charge in [0.05, 0.1) is 0 Å². The van der Waals surface area contributed by atoms with Crippen molar-refractivity contribution in [3.63, 3.8) is 0 Å². The minimum absolute atomic E-state index is 0.615. The zero-order chi connectivity index (χ0) is 9.59. The zero-order valence-electron chi connectivity index (χ0n) is 8.47. The van der Waals surface area contributed by atoms with Gasteiger partial charge in [0.2, 0.25) is 0 Å². The van der Waals surface area contributed by atoms with Gasteiger partial charge in [-0.15, -0.1) is 0 Å². The zero-order valence-corrected chi connectivity index (χ0v) is 10.1. The van der Waals surface area contributed by atoms with E-state index < -0.39 is 0 Å². The van der Waals surface area contributed by atoms with Gasteiger partial charge in [-0.2, -0.15) is 0 Å². The third-order valence-electron chi connectivity index (χ3n) is 2.68. The van der Waals surface area contributed by atoms with Crippen molar-refractivity contribution >= 4 is 15.9 Å². The second kappa shape index (κ2) is 3.16. The third kappa shape index (κ3) is 1.56. The Morgan fingerprint density at radius 2 is 2.08 bits per heavy atom. The first-order valence-corrected chi connectivity index (χ1v) is 5.77. The standard InChI is InChI=1S/C11H16BrN/c1-7(2)11-10(12)6-8(3)13(11)9-4-5-9/h6-7,9H,4-5H2,1-3H3. The van der Waals surface area contributed by atoms with Crippen LogP contribution in [0.25, 0.3) is 0 Å². The van der Waals surface area contributed by atoms with Crippen molar-refractivity contribution in [2.75, 3.05) is 0 Å². The maximum Gasteiger partial charge on any atom is 0.0390 e. The molecule has 1 nitrogen and oxygen atoms in total. The fraction of sp³-hybridized carbons (Fsp3) is 0.636. The maximum atomic E-state index is 3.64. The lowest BCUT2D eigenvalue weighted by atomic mass is 10.1. The van der Waals surface area contributed by atoms with Gasteiger partial charge in [0.15, 0.2) is 0 Å². The second-order valence-electron chi connectivity index (χ2n) is 4.27. The van der Waals surface area contributed by atoms with E-state index in [2.05, 4.69) is 47.3 Å². The molecular weight excluding hydrogens is 226 g/mol. The molecule has 0 radical (unpaired) electrons. The van der Waals surface area contributed by atoms with Crippen molar-refractivity contribution in [3.05, 3.63) is 21.9 Å². The molecule has 0 aliphatic heterocycles. The first-order valence-electron chi connectivity index (χ1n) is 4.98. The Morgan fingerprint density at radius 3 is 2.54 bits per heavy atom. The van der Waals surface area contributed by atoms with Crippen LogP contribution in [0.15, 0.2) is 10.5 Å². The fourth-order valence-corrected chi connectivity index (χ4v) is 2.98. The monoisotopic (exact) mass is 241 g/mol. The summed E-state index contributed by atoms with van der Waals surface area (Å²) in [6.07, 6.45) is 2.73. The molecule has 1 aliphatic rings. The number of hydrogen-bond acceptors (Lipinski definition) is 0. The van der Waals surface area contributed by atoms with E-state index in [9.17, 15) is 0 Å². The van der Waals surface area contributed by atoms with E-state index in [1.54, 1.807) is 0 Å². The van der Waals surface area contributed by atoms with Crippen LogP contribution in [0.3, 0.4) is 0 Å². The van der Waals surface area contributed by atoms with Crippen molar-refractivity contribution in [1.82, 2.24) is 4.57 Å². The second-order valence-corrected chi connectivity index (χ2v) is 5.13. The molecule has 72 valence electrons. The Balaban J connectivity index is 2.49. The van der Waals surface area contributed by atoms with Crippen molar-refractivity contribution < 1.29 is 0 Å². The van der Waals surface area contributed by atoms with Crippen LogP contribution in [0, 0.1) is 6.92 Å². The van der Waals surface area contributed by atoms with E-state index in [1.165, 1.54) is 28.7 Å². The van der Waals surface area contributed by atoms with E-state index >= 15 is 0 Å². The highest BCUT2D eigenvalue weighted by molar-refractivity contribution is 9.10. The van der Waals surface area contributed by atoms with Gasteiger partial charge in [0.25, 0.3) is 0 Å². The number of halogens is 1. The summed E-state index contributed by atoms with van der Waals surface area (Å²) in [5.41, 5.74) is 2.87. The lowest BCUT2D eigenvalue weighted by Gasteiger charge is -2.13. The largest absolute Gasteiger partial charge is 0.344 e. The van der Waals surface area contributed by atoms with Crippen LogP contribution in [0.5, 0.6) is 0 Å². The molecule has 0 atom stereocenters. The molecule has 0 unspecified atom stereocenters. The molecule has 0 amide bonds. The molecule has 0 bridgehead atoms. The first-order chi connectivity index (χ1) is 6.11. The van der Waals surface area contributed by atoms with Crippen LogP contribution >= 0.6 is 15.9 Å². The fourth-order valence-electron chi connectivity index (χ4n) is 2.00. The van der Waals surface area contributed by atoms with Gasteiger partial charge in [-0.25, -0.2) is 0 Å². The summed E-state index contributed by atoms with van der Waals surface area (Å²) >= 11 is 3.64. The predicted molar refractivity (Wildman–Crippen MR) is 59.2 cm³/mol. The molecule has 0 saturated heterocycles. The van der Waals surface area contributed by atoms with Gasteiger partial charge in [0, 0.05) is 21.9 Å². The third-order valence-corrected chi connectivity index (χ3v) is 3.31. The molecule has 1 fully saturated rings. The van der Waals surface area contributed by atoms with Gasteiger partial charge in [-0.05, 0) is 47.7 Å². The van der Waals surface area contributed by atoms with Crippen LogP contribution in [-0.2, 0) is 0 Å². The number of nitrogens with zero attached hydrogens (tertiary/aromatic N) is 1. The molecule has 1 heterocycles. The summed E-state index contributed by atoms with van der Waals surface area (Å²) in [5.74, 6) is 0.615. The summed E-state index contributed by atoms with van der Waals surface area (Å²) in [5, 5.41) is 0. The summed E-state index contributed by atoms with van der Waals surface area (Å²) in [6, 6.07) is 3.04. The molecule has 1 aromatic heterocycles. The van der Waals surface area contributed by atoms with Gasteiger partial charge in [-0.3, -0.25) is 0 Å². The first kappa shape index (κ1) is 9.32. The molecule has 13 heavy (non-hydrogen) atoms. The van der Waals surface area contributed by atoms with Crippen molar-refractivity contribution in [3.8, 4) is 0 Å². The number of rotatable bonds is 2. The van der Waals surface area contributed by atoms with Crippen LogP contribution in [0.2, 0.25) is 0 Å². The summed E-state index contributed by atoms with van der Waals surface area (Å²) in [7, 11) is 0. The Hall–Kier alpha value is -0.240. The predicted octanol–water partition coefficient (Wildman–Crippen LogP) is 4.02. The normalized spacial score (nSPS) is 17.0. The van der Waals surface area contributed by atoms with E-state index in [0.717, 1.165) is 6.04 Å². The molecule has 2 heteroatoms. The van der Waals surface area contributed by atoms with Crippen molar-refractivity contribution in [2.45, 2.75) is 45.6 Å². The van der Waals surface area contributed by atoms with Crippen LogP contribution in [0.1, 0.15) is 50.0 Å². The summed E-state index contributed by atoms with van der Waals surface area (Å²) < 4.78 is 3.79. The van der Waals surface area contributed by atoms with E-state index in [0.29, 0.717) is 5.92 Å². The Morgan fingerprint density at radius 1 is 1.46 bits per heavy atom. The van der Waals surface area contributed by atoms with E-state index in [-0.39, 0.29) is 0 Å². The average molecular weight is 242 g/mol. The topological polar surface area (TPSA) is 4.93 Å². The molecule has 1 aromatic rings. The average Bonchev–Trinajstić information content (AvgIpc) is 2.77.